The Balaban J connectivity index is 1.77. The van der Waals surface area contributed by atoms with Gasteiger partial charge in [-0.2, -0.15) is 0 Å². The van der Waals surface area contributed by atoms with Crippen LogP contribution in [0.25, 0.3) is 17.1 Å². The van der Waals surface area contributed by atoms with E-state index in [4.69, 9.17) is 16.3 Å². The maximum Gasteiger partial charge on any atom is 0.354 e. The Bertz CT molecular complexity index is 1270. The van der Waals surface area contributed by atoms with Gasteiger partial charge in [0, 0.05) is 21.8 Å². The molecule has 0 spiro atoms. The average molecular weight is 437 g/mol. The highest BCUT2D eigenvalue weighted by molar-refractivity contribution is 6.31. The molecule has 0 radical (unpaired) electrons. The number of benzene rings is 2. The van der Waals surface area contributed by atoms with E-state index in [-0.39, 0.29) is 18.1 Å². The van der Waals surface area contributed by atoms with Gasteiger partial charge in [-0.15, -0.1) is 0 Å². The number of hydrogen-bond acceptors (Lipinski definition) is 3. The monoisotopic (exact) mass is 436 g/mol. The molecule has 0 unspecified atom stereocenters. The van der Waals surface area contributed by atoms with Gasteiger partial charge in [-0.3, -0.25) is 4.57 Å². The Morgan fingerprint density at radius 2 is 1.90 bits per heavy atom. The Hall–Kier alpha value is -3.64. The first-order chi connectivity index (χ1) is 14.9. The van der Waals surface area contributed by atoms with E-state index >= 15 is 0 Å². The van der Waals surface area contributed by atoms with E-state index < -0.39 is 5.97 Å². The maximum atomic E-state index is 14.0. The van der Waals surface area contributed by atoms with Crippen LogP contribution in [-0.4, -0.2) is 20.6 Å². The molecule has 0 aliphatic heterocycles. The first kappa shape index (κ1) is 20.6. The van der Waals surface area contributed by atoms with Crippen molar-refractivity contribution >= 4 is 17.6 Å². The van der Waals surface area contributed by atoms with E-state index in [2.05, 4.69) is 4.98 Å². The summed E-state index contributed by atoms with van der Waals surface area (Å²) in [5, 5.41) is 9.81. The standard InChI is InChI=1S/C24H18ClFN2O3/c1-15-9-11-21(28(15)23-8-4-7-20(27-23)24(29)30)18-13-17(25)10-12-22(18)31-14-16-5-2-3-6-19(16)26/h2-13H,14H2,1H3,(H,29,30). The number of rotatable bonds is 6. The third-order valence-corrected chi connectivity index (χ3v) is 5.05. The molecule has 0 saturated carbocycles. The molecule has 0 aliphatic carbocycles. The number of nitrogens with zero attached hydrogens (tertiary/aromatic N) is 2. The summed E-state index contributed by atoms with van der Waals surface area (Å²) in [6.07, 6.45) is 0. The lowest BCUT2D eigenvalue weighted by molar-refractivity contribution is 0.0690. The number of pyridine rings is 1. The van der Waals surface area contributed by atoms with E-state index in [1.807, 2.05) is 23.6 Å². The number of carboxylic acids is 1. The smallest absolute Gasteiger partial charge is 0.354 e. The molecule has 7 heteroatoms. The molecule has 0 atom stereocenters. The number of carboxylic acid groups (broad SMARTS) is 1. The molecule has 5 nitrogen and oxygen atoms in total. The van der Waals surface area contributed by atoms with E-state index in [0.29, 0.717) is 27.7 Å². The minimum atomic E-state index is -1.11. The van der Waals surface area contributed by atoms with Gasteiger partial charge in [0.15, 0.2) is 5.69 Å². The first-order valence-electron chi connectivity index (χ1n) is 9.49. The van der Waals surface area contributed by atoms with E-state index in [1.165, 1.54) is 12.1 Å². The zero-order valence-electron chi connectivity index (χ0n) is 16.5. The van der Waals surface area contributed by atoms with Crippen LogP contribution >= 0.6 is 11.6 Å². The van der Waals surface area contributed by atoms with Gasteiger partial charge < -0.3 is 9.84 Å². The fraction of sp³-hybridized carbons (Fsp3) is 0.0833. The van der Waals surface area contributed by atoms with Crippen LogP contribution in [0.4, 0.5) is 4.39 Å². The van der Waals surface area contributed by atoms with Gasteiger partial charge >= 0.3 is 5.97 Å². The number of aromatic nitrogens is 2. The zero-order valence-corrected chi connectivity index (χ0v) is 17.3. The van der Waals surface area contributed by atoms with Gasteiger partial charge in [0.1, 0.15) is 24.0 Å². The zero-order chi connectivity index (χ0) is 22.0. The molecule has 0 saturated heterocycles. The minimum Gasteiger partial charge on any atom is -0.488 e. The molecule has 0 fully saturated rings. The fourth-order valence-electron chi connectivity index (χ4n) is 3.32. The van der Waals surface area contributed by atoms with Crippen molar-refractivity contribution in [1.29, 1.82) is 0 Å². The summed E-state index contributed by atoms with van der Waals surface area (Å²) < 4.78 is 21.8. The summed E-state index contributed by atoms with van der Waals surface area (Å²) in [6, 6.07) is 20.2. The highest BCUT2D eigenvalue weighted by Crippen LogP contribution is 2.35. The average Bonchev–Trinajstić information content (AvgIpc) is 3.15. The van der Waals surface area contributed by atoms with Gasteiger partial charge in [-0.1, -0.05) is 35.9 Å². The van der Waals surface area contributed by atoms with E-state index in [9.17, 15) is 14.3 Å². The van der Waals surface area contributed by atoms with Gasteiger partial charge in [0.2, 0.25) is 0 Å². The van der Waals surface area contributed by atoms with Crippen molar-refractivity contribution in [3.05, 3.63) is 101 Å². The van der Waals surface area contributed by atoms with Crippen molar-refractivity contribution in [2.45, 2.75) is 13.5 Å². The van der Waals surface area contributed by atoms with Gasteiger partial charge in [0.05, 0.1) is 5.69 Å². The molecular formula is C24H18ClFN2O3. The molecule has 2 aromatic heterocycles. The van der Waals surface area contributed by atoms with Crippen LogP contribution in [0.3, 0.4) is 0 Å². The maximum absolute atomic E-state index is 14.0. The van der Waals surface area contributed by atoms with Crippen LogP contribution in [0.5, 0.6) is 5.75 Å². The van der Waals surface area contributed by atoms with Crippen LogP contribution in [0, 0.1) is 12.7 Å². The summed E-state index contributed by atoms with van der Waals surface area (Å²) in [5.41, 5.74) is 2.63. The number of hydrogen-bond donors (Lipinski definition) is 1. The molecule has 0 aliphatic rings. The predicted molar refractivity (Wildman–Crippen MR) is 116 cm³/mol. The minimum absolute atomic E-state index is 0.0494. The van der Waals surface area contributed by atoms with E-state index in [0.717, 1.165) is 11.4 Å². The highest BCUT2D eigenvalue weighted by Gasteiger charge is 2.17. The molecule has 2 aromatic carbocycles. The lowest BCUT2D eigenvalue weighted by Gasteiger charge is -2.16. The predicted octanol–water partition coefficient (Wildman–Crippen LogP) is 5.92. The number of ether oxygens (including phenoxy) is 1. The summed E-state index contributed by atoms with van der Waals surface area (Å²) in [4.78, 5) is 15.6. The summed E-state index contributed by atoms with van der Waals surface area (Å²) in [6.45, 7) is 1.94. The lowest BCUT2D eigenvalue weighted by atomic mass is 10.1. The third kappa shape index (κ3) is 4.29. The number of aromatic carboxylic acids is 1. The van der Waals surface area contributed by atoms with Crippen molar-refractivity contribution in [2.75, 3.05) is 0 Å². The summed E-state index contributed by atoms with van der Waals surface area (Å²) >= 11 is 6.26. The molecule has 1 N–H and O–H groups in total. The molecule has 4 rings (SSSR count). The highest BCUT2D eigenvalue weighted by atomic mass is 35.5. The molecule has 156 valence electrons. The topological polar surface area (TPSA) is 64.3 Å². The number of halogens is 2. The molecular weight excluding hydrogens is 419 g/mol. The van der Waals surface area contributed by atoms with Crippen molar-refractivity contribution in [2.24, 2.45) is 0 Å². The Morgan fingerprint density at radius 1 is 1.10 bits per heavy atom. The second kappa shape index (κ2) is 8.62. The van der Waals surface area contributed by atoms with Crippen molar-refractivity contribution in [3.63, 3.8) is 0 Å². The van der Waals surface area contributed by atoms with Gasteiger partial charge in [0.25, 0.3) is 0 Å². The third-order valence-electron chi connectivity index (χ3n) is 4.82. The summed E-state index contributed by atoms with van der Waals surface area (Å²) in [7, 11) is 0. The second-order valence-corrected chi connectivity index (χ2v) is 7.34. The molecule has 31 heavy (non-hydrogen) atoms. The van der Waals surface area contributed by atoms with Crippen molar-refractivity contribution < 1.29 is 19.0 Å². The van der Waals surface area contributed by atoms with Crippen LogP contribution in [0.2, 0.25) is 5.02 Å². The van der Waals surface area contributed by atoms with Crippen LogP contribution < -0.4 is 4.74 Å². The molecule has 2 heterocycles. The quantitative estimate of drug-likeness (QED) is 0.407. The molecule has 0 bridgehead atoms. The van der Waals surface area contributed by atoms with Crippen LogP contribution in [0.1, 0.15) is 21.7 Å². The SMILES string of the molecule is Cc1ccc(-c2cc(Cl)ccc2OCc2ccccc2F)n1-c1cccc(C(=O)O)n1. The Kier molecular flexibility index (Phi) is 5.73. The number of aryl methyl sites for hydroxylation is 1. The van der Waals surface area contributed by atoms with Crippen LogP contribution in [-0.2, 0) is 6.61 Å². The van der Waals surface area contributed by atoms with Crippen molar-refractivity contribution in [3.8, 4) is 22.8 Å². The van der Waals surface area contributed by atoms with Gasteiger partial charge in [-0.25, -0.2) is 14.2 Å². The fourth-order valence-corrected chi connectivity index (χ4v) is 3.49. The normalized spacial score (nSPS) is 10.8. The Morgan fingerprint density at radius 3 is 2.68 bits per heavy atom. The lowest BCUT2D eigenvalue weighted by Crippen LogP contribution is -2.07. The van der Waals surface area contributed by atoms with Crippen molar-refractivity contribution in [1.82, 2.24) is 9.55 Å². The Labute approximate surface area is 183 Å². The number of carbonyl (C=O) groups is 1. The second-order valence-electron chi connectivity index (χ2n) is 6.90. The van der Waals surface area contributed by atoms with Crippen LogP contribution in [0.15, 0.2) is 72.8 Å². The van der Waals surface area contributed by atoms with E-state index in [1.54, 1.807) is 48.5 Å². The largest absolute Gasteiger partial charge is 0.488 e. The summed E-state index contributed by atoms with van der Waals surface area (Å²) in [5.74, 6) is -0.476. The molecule has 4 aromatic rings. The molecule has 0 amide bonds. The van der Waals surface area contributed by atoms with Gasteiger partial charge in [-0.05, 0) is 55.5 Å². The first-order valence-corrected chi connectivity index (χ1v) is 9.87.